The topological polar surface area (TPSA) is 86.2 Å². The molecule has 0 fully saturated rings. The van der Waals surface area contributed by atoms with Crippen LogP contribution in [0.1, 0.15) is 38.3 Å². The van der Waals surface area contributed by atoms with Crippen molar-refractivity contribution in [2.45, 2.75) is 33.8 Å². The molecule has 178 valence electrons. The van der Waals surface area contributed by atoms with Gasteiger partial charge in [0, 0.05) is 43.1 Å². The van der Waals surface area contributed by atoms with Gasteiger partial charge in [-0.05, 0) is 42.0 Å². The summed E-state index contributed by atoms with van der Waals surface area (Å²) in [6, 6.07) is 12.5. The van der Waals surface area contributed by atoms with Crippen molar-refractivity contribution in [3.63, 3.8) is 0 Å². The van der Waals surface area contributed by atoms with Gasteiger partial charge in [-0.1, -0.05) is 38.1 Å². The largest absolute Gasteiger partial charge is 0.493 e. The predicted molar refractivity (Wildman–Crippen MR) is 135 cm³/mol. The lowest BCUT2D eigenvalue weighted by molar-refractivity contribution is -0.132. The molecule has 2 aromatic rings. The van der Waals surface area contributed by atoms with Gasteiger partial charge in [0.1, 0.15) is 12.4 Å². The van der Waals surface area contributed by atoms with Crippen LogP contribution >= 0.6 is 0 Å². The van der Waals surface area contributed by atoms with Crippen molar-refractivity contribution in [2.24, 2.45) is 4.99 Å². The van der Waals surface area contributed by atoms with E-state index < -0.39 is 5.97 Å². The van der Waals surface area contributed by atoms with Crippen LogP contribution in [-0.2, 0) is 20.9 Å². The molecule has 0 radical (unpaired) electrons. The molecular formula is C27H30N2O5. The first-order chi connectivity index (χ1) is 16.5. The molecule has 1 amide bonds. The molecular weight excluding hydrogens is 432 g/mol. The van der Waals surface area contributed by atoms with Crippen LogP contribution in [0.4, 0.5) is 5.69 Å². The number of anilines is 1. The van der Waals surface area contributed by atoms with Crippen LogP contribution in [0.3, 0.4) is 0 Å². The van der Waals surface area contributed by atoms with Crippen LogP contribution in [0.2, 0.25) is 0 Å². The van der Waals surface area contributed by atoms with Gasteiger partial charge in [0.05, 0.1) is 7.11 Å². The van der Waals surface area contributed by atoms with Gasteiger partial charge in [0.15, 0.2) is 11.5 Å². The summed E-state index contributed by atoms with van der Waals surface area (Å²) in [5.74, 6) is 0.692. The van der Waals surface area contributed by atoms with Crippen molar-refractivity contribution in [3.8, 4) is 11.5 Å². The SMILES string of the molecule is CC.COc1ccc(/C=C/C(=O)Nc2ccccc2COC2=CCC=NC=C2)cc1OC(C)=O. The Morgan fingerprint density at radius 2 is 1.91 bits per heavy atom. The van der Waals surface area contributed by atoms with E-state index in [4.69, 9.17) is 14.2 Å². The quantitative estimate of drug-likeness (QED) is 0.310. The van der Waals surface area contributed by atoms with Crippen LogP contribution in [0.25, 0.3) is 6.08 Å². The fourth-order valence-corrected chi connectivity index (χ4v) is 2.89. The van der Waals surface area contributed by atoms with Gasteiger partial charge in [-0.15, -0.1) is 0 Å². The number of para-hydroxylation sites is 1. The Balaban J connectivity index is 0.00000199. The van der Waals surface area contributed by atoms with Gasteiger partial charge >= 0.3 is 5.97 Å². The molecule has 34 heavy (non-hydrogen) atoms. The Kier molecular flexibility index (Phi) is 10.8. The Labute approximate surface area is 200 Å². The predicted octanol–water partition coefficient (Wildman–Crippen LogP) is 5.69. The number of allylic oxidation sites excluding steroid dienone is 2. The number of aliphatic imine (C=N–C) groups is 1. The second kappa shape index (κ2) is 14.1. The number of esters is 1. The molecule has 0 saturated heterocycles. The molecule has 0 unspecified atom stereocenters. The van der Waals surface area contributed by atoms with Gasteiger partial charge in [-0.25, -0.2) is 0 Å². The Morgan fingerprint density at radius 3 is 2.68 bits per heavy atom. The smallest absolute Gasteiger partial charge is 0.308 e. The standard InChI is InChI=1S/C25H24N2O5.C2H6/c1-18(28)32-24-16-19(9-11-23(24)30-2)10-12-25(29)27-22-8-4-3-6-20(22)17-31-21-7-5-14-26-15-13-21;1-2/h3-4,6-16H,5,17H2,1-2H3,(H,27,29);1-2H3/b12-10+;. The Hall–Kier alpha value is -4.13. The normalized spacial score (nSPS) is 12.2. The number of carbonyl (C=O) groups is 2. The molecule has 1 heterocycles. The number of amides is 1. The lowest BCUT2D eigenvalue weighted by Crippen LogP contribution is -2.10. The van der Waals surface area contributed by atoms with E-state index in [9.17, 15) is 9.59 Å². The minimum absolute atomic E-state index is 0.289. The summed E-state index contributed by atoms with van der Waals surface area (Å²) >= 11 is 0. The zero-order valence-electron chi connectivity index (χ0n) is 19.9. The zero-order chi connectivity index (χ0) is 24.8. The van der Waals surface area contributed by atoms with Crippen LogP contribution in [0.15, 0.2) is 77.6 Å². The van der Waals surface area contributed by atoms with Gasteiger partial charge in [-0.3, -0.25) is 14.6 Å². The van der Waals surface area contributed by atoms with Crippen LogP contribution in [0, 0.1) is 0 Å². The van der Waals surface area contributed by atoms with Gasteiger partial charge in [0.2, 0.25) is 5.91 Å². The van der Waals surface area contributed by atoms with Gasteiger partial charge < -0.3 is 19.5 Å². The van der Waals surface area contributed by atoms with E-state index in [-0.39, 0.29) is 11.7 Å². The molecule has 3 rings (SSSR count). The van der Waals surface area contributed by atoms with E-state index in [2.05, 4.69) is 10.3 Å². The highest BCUT2D eigenvalue weighted by Crippen LogP contribution is 2.28. The molecule has 0 spiro atoms. The third-order valence-corrected chi connectivity index (χ3v) is 4.39. The molecule has 0 bridgehead atoms. The van der Waals surface area contributed by atoms with Crippen LogP contribution in [0.5, 0.6) is 11.5 Å². The Bertz CT molecular complexity index is 1100. The average molecular weight is 463 g/mol. The van der Waals surface area contributed by atoms with E-state index >= 15 is 0 Å². The monoisotopic (exact) mass is 462 g/mol. The average Bonchev–Trinajstić information content (AvgIpc) is 3.12. The molecule has 1 aliphatic heterocycles. The highest BCUT2D eigenvalue weighted by molar-refractivity contribution is 6.02. The van der Waals surface area contributed by atoms with E-state index in [1.807, 2.05) is 44.2 Å². The maximum atomic E-state index is 12.5. The molecule has 1 N–H and O–H groups in total. The Morgan fingerprint density at radius 1 is 1.12 bits per heavy atom. The van der Waals surface area contributed by atoms with E-state index in [1.54, 1.807) is 42.8 Å². The molecule has 0 saturated carbocycles. The summed E-state index contributed by atoms with van der Waals surface area (Å²) in [6.45, 7) is 5.62. The number of rotatable bonds is 8. The minimum atomic E-state index is -0.455. The molecule has 2 aromatic carbocycles. The number of methoxy groups -OCH3 is 1. The van der Waals surface area contributed by atoms with Crippen molar-refractivity contribution in [1.82, 2.24) is 0 Å². The number of ether oxygens (including phenoxy) is 3. The lowest BCUT2D eigenvalue weighted by Gasteiger charge is -2.12. The van der Waals surface area contributed by atoms with Crippen molar-refractivity contribution in [1.29, 1.82) is 0 Å². The number of nitrogens with one attached hydrogen (secondary N) is 1. The van der Waals surface area contributed by atoms with Crippen LogP contribution in [-0.4, -0.2) is 25.2 Å². The summed E-state index contributed by atoms with van der Waals surface area (Å²) in [6.07, 6.45) is 11.0. The number of hydrogen-bond donors (Lipinski definition) is 1. The molecule has 0 aromatic heterocycles. The van der Waals surface area contributed by atoms with Crippen molar-refractivity contribution >= 4 is 29.9 Å². The number of carbonyl (C=O) groups excluding carboxylic acids is 2. The number of hydrogen-bond acceptors (Lipinski definition) is 6. The maximum Gasteiger partial charge on any atom is 0.308 e. The summed E-state index contributed by atoms with van der Waals surface area (Å²) < 4.78 is 16.2. The molecule has 0 aliphatic carbocycles. The van der Waals surface area contributed by atoms with Crippen LogP contribution < -0.4 is 14.8 Å². The van der Waals surface area contributed by atoms with E-state index in [0.29, 0.717) is 30.0 Å². The fraction of sp³-hybridized carbons (Fsp3) is 0.222. The molecule has 1 aliphatic rings. The summed E-state index contributed by atoms with van der Waals surface area (Å²) in [7, 11) is 1.49. The summed E-state index contributed by atoms with van der Waals surface area (Å²) in [4.78, 5) is 27.8. The summed E-state index contributed by atoms with van der Waals surface area (Å²) in [5.41, 5.74) is 2.19. The first kappa shape index (κ1) is 26.1. The first-order valence-electron chi connectivity index (χ1n) is 11.0. The van der Waals surface area contributed by atoms with Crippen molar-refractivity contribution in [2.75, 3.05) is 12.4 Å². The highest BCUT2D eigenvalue weighted by atomic mass is 16.6. The second-order valence-electron chi connectivity index (χ2n) is 6.76. The van der Waals surface area contributed by atoms with Crippen molar-refractivity contribution in [3.05, 3.63) is 83.8 Å². The van der Waals surface area contributed by atoms with E-state index in [1.165, 1.54) is 20.1 Å². The lowest BCUT2D eigenvalue weighted by atomic mass is 10.1. The second-order valence-corrected chi connectivity index (χ2v) is 6.76. The minimum Gasteiger partial charge on any atom is -0.493 e. The first-order valence-corrected chi connectivity index (χ1v) is 11.0. The van der Waals surface area contributed by atoms with Crippen molar-refractivity contribution < 1.29 is 23.8 Å². The highest BCUT2D eigenvalue weighted by Gasteiger charge is 2.09. The molecule has 0 atom stereocenters. The molecule has 7 nitrogen and oxygen atoms in total. The third-order valence-electron chi connectivity index (χ3n) is 4.39. The maximum absolute atomic E-state index is 12.5. The third kappa shape index (κ3) is 8.43. The number of nitrogens with zero attached hydrogens (tertiary/aromatic N) is 1. The molecule has 7 heteroatoms. The van der Waals surface area contributed by atoms with Gasteiger partial charge in [-0.2, -0.15) is 0 Å². The van der Waals surface area contributed by atoms with Gasteiger partial charge in [0.25, 0.3) is 0 Å². The van der Waals surface area contributed by atoms with E-state index in [0.717, 1.165) is 11.3 Å². The zero-order valence-corrected chi connectivity index (χ0v) is 19.9. The summed E-state index contributed by atoms with van der Waals surface area (Å²) in [5, 5.41) is 2.87. The number of benzene rings is 2. The fourth-order valence-electron chi connectivity index (χ4n) is 2.89.